The molecule has 0 saturated carbocycles. The van der Waals surface area contributed by atoms with E-state index in [1.165, 1.54) is 18.5 Å². The lowest BCUT2D eigenvalue weighted by Crippen LogP contribution is -2.13. The molecule has 0 radical (unpaired) electrons. The maximum absolute atomic E-state index is 12.5. The Hall–Kier alpha value is -3.28. The summed E-state index contributed by atoms with van der Waals surface area (Å²) >= 11 is 5.98. The molecular formula is C18H14ClN5O2S. The highest BCUT2D eigenvalue weighted by molar-refractivity contribution is 7.92. The summed E-state index contributed by atoms with van der Waals surface area (Å²) in [6.07, 6.45) is 1.25. The third-order valence-corrected chi connectivity index (χ3v) is 5.36. The molecule has 1 aromatic heterocycles. The first kappa shape index (κ1) is 18.5. The van der Waals surface area contributed by atoms with Gasteiger partial charge in [0.25, 0.3) is 10.0 Å². The smallest absolute Gasteiger partial charge is 0.263 e. The number of nitrogen functional groups attached to an aromatic ring is 2. The molecule has 0 bridgehead atoms. The second-order valence-corrected chi connectivity index (χ2v) is 7.44. The highest BCUT2D eigenvalue weighted by Crippen LogP contribution is 2.23. The second kappa shape index (κ2) is 7.53. The molecular weight excluding hydrogens is 386 g/mol. The number of nitrogens with one attached hydrogen (secondary N) is 1. The Morgan fingerprint density at radius 2 is 1.67 bits per heavy atom. The summed E-state index contributed by atoms with van der Waals surface area (Å²) < 4.78 is 27.5. The zero-order valence-corrected chi connectivity index (χ0v) is 15.4. The molecule has 3 rings (SSSR count). The van der Waals surface area contributed by atoms with Crippen molar-refractivity contribution in [3.8, 4) is 11.8 Å². The van der Waals surface area contributed by atoms with Gasteiger partial charge in [-0.3, -0.25) is 4.72 Å². The molecule has 1 heterocycles. The molecule has 136 valence electrons. The molecule has 2 aromatic carbocycles. The molecule has 0 fully saturated rings. The molecule has 0 unspecified atom stereocenters. The number of hydrogen-bond donors (Lipinski definition) is 3. The van der Waals surface area contributed by atoms with Crippen molar-refractivity contribution < 1.29 is 8.42 Å². The van der Waals surface area contributed by atoms with E-state index in [1.807, 2.05) is 0 Å². The van der Waals surface area contributed by atoms with Gasteiger partial charge in [0.05, 0.1) is 10.7 Å². The Kier molecular flexibility index (Phi) is 5.16. The topological polar surface area (TPSA) is 124 Å². The van der Waals surface area contributed by atoms with Crippen LogP contribution < -0.4 is 16.2 Å². The van der Waals surface area contributed by atoms with Gasteiger partial charge in [0.15, 0.2) is 0 Å². The van der Waals surface area contributed by atoms with Gasteiger partial charge in [0.2, 0.25) is 0 Å². The van der Waals surface area contributed by atoms with Gasteiger partial charge in [0.1, 0.15) is 28.4 Å². The first-order valence-electron chi connectivity index (χ1n) is 7.62. The summed E-state index contributed by atoms with van der Waals surface area (Å²) in [5.74, 6) is 6.02. The highest BCUT2D eigenvalue weighted by atomic mass is 35.5. The average Bonchev–Trinajstić information content (AvgIpc) is 2.61. The maximum atomic E-state index is 12.5. The number of rotatable bonds is 3. The van der Waals surface area contributed by atoms with E-state index in [0.717, 1.165) is 0 Å². The van der Waals surface area contributed by atoms with Crippen molar-refractivity contribution in [1.82, 2.24) is 9.97 Å². The molecule has 0 aliphatic heterocycles. The van der Waals surface area contributed by atoms with E-state index in [4.69, 9.17) is 23.1 Å². The quantitative estimate of drug-likeness (QED) is 0.581. The summed E-state index contributed by atoms with van der Waals surface area (Å²) in [6, 6.07) is 12.8. The number of benzene rings is 2. The monoisotopic (exact) mass is 399 g/mol. The predicted octanol–water partition coefficient (Wildman–Crippen LogP) is 2.50. The van der Waals surface area contributed by atoms with Gasteiger partial charge >= 0.3 is 0 Å². The zero-order chi connectivity index (χ0) is 19.4. The molecule has 0 aliphatic rings. The van der Waals surface area contributed by atoms with Crippen LogP contribution in [0, 0.1) is 11.8 Å². The van der Waals surface area contributed by atoms with Crippen LogP contribution in [-0.2, 0) is 10.0 Å². The van der Waals surface area contributed by atoms with Crippen LogP contribution in [0.2, 0.25) is 5.02 Å². The average molecular weight is 400 g/mol. The summed E-state index contributed by atoms with van der Waals surface area (Å²) in [7, 11) is -3.83. The van der Waals surface area contributed by atoms with Gasteiger partial charge in [-0.2, -0.15) is 0 Å². The van der Waals surface area contributed by atoms with Gasteiger partial charge in [-0.05, 0) is 30.3 Å². The summed E-state index contributed by atoms with van der Waals surface area (Å²) in [4.78, 5) is 7.67. The number of sulfonamides is 1. The van der Waals surface area contributed by atoms with Crippen molar-refractivity contribution in [3.63, 3.8) is 0 Å². The normalized spacial score (nSPS) is 10.7. The lowest BCUT2D eigenvalue weighted by molar-refractivity contribution is 0.601. The molecule has 27 heavy (non-hydrogen) atoms. The standard InChI is InChI=1S/C18H14ClN5O2S/c19-15-6-1-2-7-16(15)27(25,26)24-13-5-3-4-12(10-13)8-9-14-17(20)22-11-23-18(14)21/h1-7,10-11,24H,(H4,20,21,22,23). The first-order valence-corrected chi connectivity index (χ1v) is 9.48. The minimum atomic E-state index is -3.83. The number of aromatic nitrogens is 2. The van der Waals surface area contributed by atoms with Crippen molar-refractivity contribution in [2.75, 3.05) is 16.2 Å². The molecule has 3 aromatic rings. The SMILES string of the molecule is Nc1ncnc(N)c1C#Cc1cccc(NS(=O)(=O)c2ccccc2Cl)c1. The number of hydrogen-bond acceptors (Lipinski definition) is 6. The highest BCUT2D eigenvalue weighted by Gasteiger charge is 2.17. The van der Waals surface area contributed by atoms with Crippen molar-refractivity contribution in [1.29, 1.82) is 0 Å². The Morgan fingerprint density at radius 3 is 2.37 bits per heavy atom. The van der Waals surface area contributed by atoms with Crippen molar-refractivity contribution in [2.24, 2.45) is 0 Å². The zero-order valence-electron chi connectivity index (χ0n) is 13.8. The Morgan fingerprint density at radius 1 is 0.963 bits per heavy atom. The van der Waals surface area contributed by atoms with E-state index in [9.17, 15) is 8.42 Å². The number of anilines is 3. The molecule has 0 spiro atoms. The second-order valence-electron chi connectivity index (χ2n) is 5.39. The lowest BCUT2D eigenvalue weighted by Gasteiger charge is -2.09. The molecule has 9 heteroatoms. The van der Waals surface area contributed by atoms with Crippen LogP contribution in [0.5, 0.6) is 0 Å². The number of nitrogens with two attached hydrogens (primary N) is 2. The number of nitrogens with zero attached hydrogens (tertiary/aromatic N) is 2. The molecule has 0 atom stereocenters. The minimum Gasteiger partial charge on any atom is -0.382 e. The molecule has 5 N–H and O–H groups in total. The van der Waals surface area contributed by atoms with Crippen molar-refractivity contribution in [3.05, 3.63) is 71.0 Å². The predicted molar refractivity (Wildman–Crippen MR) is 106 cm³/mol. The Bertz CT molecular complexity index is 1150. The Balaban J connectivity index is 1.89. The van der Waals surface area contributed by atoms with Crippen LogP contribution in [0.3, 0.4) is 0 Å². The molecule has 0 saturated heterocycles. The van der Waals surface area contributed by atoms with Gasteiger partial charge in [-0.1, -0.05) is 41.6 Å². The van der Waals surface area contributed by atoms with Gasteiger partial charge in [-0.15, -0.1) is 0 Å². The van der Waals surface area contributed by atoms with E-state index in [2.05, 4.69) is 26.5 Å². The van der Waals surface area contributed by atoms with Gasteiger partial charge < -0.3 is 11.5 Å². The maximum Gasteiger partial charge on any atom is 0.263 e. The summed E-state index contributed by atoms with van der Waals surface area (Å²) in [6.45, 7) is 0. The van der Waals surface area contributed by atoms with Crippen LogP contribution in [0.1, 0.15) is 11.1 Å². The van der Waals surface area contributed by atoms with E-state index >= 15 is 0 Å². The third kappa shape index (κ3) is 4.28. The third-order valence-electron chi connectivity index (χ3n) is 3.48. The van der Waals surface area contributed by atoms with E-state index in [1.54, 1.807) is 36.4 Å². The summed E-state index contributed by atoms with van der Waals surface area (Å²) in [5.41, 5.74) is 12.7. The van der Waals surface area contributed by atoms with Crippen molar-refractivity contribution >= 4 is 38.9 Å². The number of halogens is 1. The van der Waals surface area contributed by atoms with Crippen LogP contribution in [-0.4, -0.2) is 18.4 Å². The van der Waals surface area contributed by atoms with Crippen LogP contribution in [0.15, 0.2) is 59.8 Å². The van der Waals surface area contributed by atoms with Gasteiger partial charge in [0, 0.05) is 5.56 Å². The molecule has 7 nitrogen and oxygen atoms in total. The van der Waals surface area contributed by atoms with Crippen LogP contribution >= 0.6 is 11.6 Å². The minimum absolute atomic E-state index is 0.00913. The fraction of sp³-hybridized carbons (Fsp3) is 0. The van der Waals surface area contributed by atoms with Gasteiger partial charge in [-0.25, -0.2) is 18.4 Å². The summed E-state index contributed by atoms with van der Waals surface area (Å²) in [5, 5.41) is 0.135. The fourth-order valence-corrected chi connectivity index (χ4v) is 3.78. The van der Waals surface area contributed by atoms with Crippen LogP contribution in [0.25, 0.3) is 0 Å². The largest absolute Gasteiger partial charge is 0.382 e. The van der Waals surface area contributed by atoms with Crippen LogP contribution in [0.4, 0.5) is 17.3 Å². The van der Waals surface area contributed by atoms with E-state index < -0.39 is 10.0 Å². The van der Waals surface area contributed by atoms with E-state index in [0.29, 0.717) is 16.8 Å². The molecule has 0 aliphatic carbocycles. The molecule has 0 amide bonds. The van der Waals surface area contributed by atoms with E-state index in [-0.39, 0.29) is 21.6 Å². The Labute approximate surface area is 161 Å². The lowest BCUT2D eigenvalue weighted by atomic mass is 10.2. The first-order chi connectivity index (χ1) is 12.9. The van der Waals surface area contributed by atoms with Crippen molar-refractivity contribution in [2.45, 2.75) is 4.90 Å². The fourth-order valence-electron chi connectivity index (χ4n) is 2.21.